The van der Waals surface area contributed by atoms with Crippen LogP contribution in [0.1, 0.15) is 40.7 Å². The van der Waals surface area contributed by atoms with Crippen molar-refractivity contribution < 1.29 is 14.7 Å². The molecule has 1 aromatic carbocycles. The number of hydrogen-bond acceptors (Lipinski definition) is 2. The van der Waals surface area contributed by atoms with Crippen LogP contribution in [0.15, 0.2) is 18.2 Å². The quantitative estimate of drug-likeness (QED) is 0.884. The van der Waals surface area contributed by atoms with Gasteiger partial charge in [0.05, 0.1) is 5.56 Å². The topological polar surface area (TPSA) is 57.6 Å². The average molecular weight is 259 g/mol. The summed E-state index contributed by atoms with van der Waals surface area (Å²) in [5, 5.41) is 9.02. The van der Waals surface area contributed by atoms with Gasteiger partial charge in [-0.1, -0.05) is 12.5 Å². The van der Waals surface area contributed by atoms with Crippen molar-refractivity contribution in [2.75, 3.05) is 6.54 Å². The van der Waals surface area contributed by atoms with Gasteiger partial charge in [-0.05, 0) is 42.5 Å². The van der Waals surface area contributed by atoms with Gasteiger partial charge in [0, 0.05) is 19.0 Å². The van der Waals surface area contributed by atoms with Crippen LogP contribution in [0.4, 0.5) is 0 Å². The minimum Gasteiger partial charge on any atom is -0.478 e. The maximum absolute atomic E-state index is 12.2. The van der Waals surface area contributed by atoms with Gasteiger partial charge >= 0.3 is 5.97 Å². The molecule has 0 aromatic heterocycles. The minimum absolute atomic E-state index is 0.212. The van der Waals surface area contributed by atoms with Crippen molar-refractivity contribution in [3.63, 3.8) is 0 Å². The van der Waals surface area contributed by atoms with Gasteiger partial charge in [-0.3, -0.25) is 4.79 Å². The number of carbonyl (C=O) groups is 2. The maximum Gasteiger partial charge on any atom is 0.335 e. The summed E-state index contributed by atoms with van der Waals surface area (Å²) >= 11 is 0. The van der Waals surface area contributed by atoms with E-state index in [2.05, 4.69) is 0 Å². The largest absolute Gasteiger partial charge is 0.478 e. The van der Waals surface area contributed by atoms with Crippen molar-refractivity contribution >= 4 is 11.9 Å². The molecule has 0 spiro atoms. The third-order valence-corrected chi connectivity index (χ3v) is 4.23. The number of amides is 1. The Morgan fingerprint density at radius 3 is 2.63 bits per heavy atom. The number of carbonyl (C=O) groups excluding carboxylic acids is 1. The highest BCUT2D eigenvalue weighted by atomic mass is 16.4. The van der Waals surface area contributed by atoms with E-state index in [4.69, 9.17) is 5.11 Å². The maximum atomic E-state index is 12.2. The van der Waals surface area contributed by atoms with Gasteiger partial charge in [0.1, 0.15) is 0 Å². The second-order valence-electron chi connectivity index (χ2n) is 5.43. The average Bonchev–Trinajstić information content (AvgIpc) is 2.35. The van der Waals surface area contributed by atoms with Gasteiger partial charge < -0.3 is 10.0 Å². The monoisotopic (exact) mass is 259 g/mol. The highest BCUT2D eigenvalue weighted by Gasteiger charge is 2.31. The fourth-order valence-electron chi connectivity index (χ4n) is 2.79. The van der Waals surface area contributed by atoms with Gasteiger partial charge in [-0.15, -0.1) is 0 Å². The van der Waals surface area contributed by atoms with Crippen molar-refractivity contribution in [2.45, 2.75) is 32.2 Å². The lowest BCUT2D eigenvalue weighted by Gasteiger charge is -2.34. The Balaban J connectivity index is 1.79. The van der Waals surface area contributed by atoms with Crippen molar-refractivity contribution in [1.29, 1.82) is 0 Å². The fourth-order valence-corrected chi connectivity index (χ4v) is 2.79. The molecule has 0 radical (unpaired) electrons. The summed E-state index contributed by atoms with van der Waals surface area (Å²) < 4.78 is 0. The molecule has 3 rings (SSSR count). The van der Waals surface area contributed by atoms with Crippen molar-refractivity contribution in [1.82, 2.24) is 4.90 Å². The van der Waals surface area contributed by atoms with Gasteiger partial charge in [-0.25, -0.2) is 4.79 Å². The molecule has 1 aromatic rings. The molecule has 1 fully saturated rings. The first-order chi connectivity index (χ1) is 9.15. The van der Waals surface area contributed by atoms with E-state index in [1.807, 2.05) is 11.0 Å². The summed E-state index contributed by atoms with van der Waals surface area (Å²) in [6.45, 7) is 1.32. The SMILES string of the molecule is O=C(O)c1ccc2c(c1)CN(C(=O)C1CCC1)CC2. The fraction of sp³-hybridized carbons (Fsp3) is 0.467. The molecule has 1 aliphatic carbocycles. The van der Waals surface area contributed by atoms with E-state index in [1.54, 1.807) is 12.1 Å². The summed E-state index contributed by atoms with van der Waals surface area (Å²) in [6, 6.07) is 5.23. The minimum atomic E-state index is -0.912. The zero-order valence-electron chi connectivity index (χ0n) is 10.8. The summed E-state index contributed by atoms with van der Waals surface area (Å²) in [7, 11) is 0. The number of nitrogens with zero attached hydrogens (tertiary/aromatic N) is 1. The summed E-state index contributed by atoms with van der Waals surface area (Å²) in [6.07, 6.45) is 4.01. The predicted molar refractivity (Wildman–Crippen MR) is 69.9 cm³/mol. The standard InChI is InChI=1S/C15H17NO3/c17-14(11-2-1-3-11)16-7-6-10-4-5-12(15(18)19)8-13(10)9-16/h4-5,8,11H,1-3,6-7,9H2,(H,18,19). The third kappa shape index (κ3) is 2.23. The van der Waals surface area contributed by atoms with E-state index in [9.17, 15) is 9.59 Å². The summed E-state index contributed by atoms with van der Waals surface area (Å²) in [5.41, 5.74) is 2.46. The lowest BCUT2D eigenvalue weighted by Crippen LogP contribution is -2.41. The zero-order chi connectivity index (χ0) is 13.4. The molecule has 1 amide bonds. The Hall–Kier alpha value is -1.84. The normalized spacial score (nSPS) is 18.6. The molecule has 1 saturated carbocycles. The van der Waals surface area contributed by atoms with E-state index in [-0.39, 0.29) is 11.8 Å². The molecule has 0 atom stereocenters. The van der Waals surface area contributed by atoms with Crippen LogP contribution in [0.2, 0.25) is 0 Å². The Labute approximate surface area is 112 Å². The van der Waals surface area contributed by atoms with E-state index < -0.39 is 5.97 Å². The molecule has 100 valence electrons. The molecule has 19 heavy (non-hydrogen) atoms. The molecule has 0 saturated heterocycles. The number of rotatable bonds is 2. The summed E-state index contributed by atoms with van der Waals surface area (Å²) in [4.78, 5) is 25.1. The van der Waals surface area contributed by atoms with Crippen LogP contribution in [-0.2, 0) is 17.8 Å². The lowest BCUT2D eigenvalue weighted by molar-refractivity contribution is -0.139. The Morgan fingerprint density at radius 2 is 2.00 bits per heavy atom. The lowest BCUT2D eigenvalue weighted by atomic mass is 9.83. The number of carboxylic acids is 1. The van der Waals surface area contributed by atoms with Gasteiger partial charge in [0.15, 0.2) is 0 Å². The molecular weight excluding hydrogens is 242 g/mol. The number of hydrogen-bond donors (Lipinski definition) is 1. The highest BCUT2D eigenvalue weighted by molar-refractivity contribution is 5.88. The highest BCUT2D eigenvalue weighted by Crippen LogP contribution is 2.30. The predicted octanol–water partition coefficient (Wildman–Crippen LogP) is 2.07. The number of aromatic carboxylic acids is 1. The van der Waals surface area contributed by atoms with Crippen molar-refractivity contribution in [3.05, 3.63) is 34.9 Å². The Morgan fingerprint density at radius 1 is 1.21 bits per heavy atom. The van der Waals surface area contributed by atoms with Gasteiger partial charge in [-0.2, -0.15) is 0 Å². The van der Waals surface area contributed by atoms with Crippen LogP contribution in [0.5, 0.6) is 0 Å². The summed E-state index contributed by atoms with van der Waals surface area (Å²) in [5.74, 6) is -0.452. The molecule has 0 bridgehead atoms. The number of carboxylic acid groups (broad SMARTS) is 1. The molecule has 1 aliphatic heterocycles. The molecule has 0 unspecified atom stereocenters. The molecule has 1 heterocycles. The molecule has 2 aliphatic rings. The smallest absolute Gasteiger partial charge is 0.335 e. The number of fused-ring (bicyclic) bond motifs is 1. The molecule has 4 nitrogen and oxygen atoms in total. The first-order valence-corrected chi connectivity index (χ1v) is 6.79. The number of benzene rings is 1. The van der Waals surface area contributed by atoms with Crippen LogP contribution in [0.3, 0.4) is 0 Å². The molecular formula is C15H17NO3. The second kappa shape index (κ2) is 4.68. The first-order valence-electron chi connectivity index (χ1n) is 6.79. The Bertz CT molecular complexity index is 534. The third-order valence-electron chi connectivity index (χ3n) is 4.23. The van der Waals surface area contributed by atoms with Crippen LogP contribution >= 0.6 is 0 Å². The van der Waals surface area contributed by atoms with Crippen LogP contribution in [0, 0.1) is 5.92 Å². The van der Waals surface area contributed by atoms with E-state index in [1.165, 1.54) is 5.56 Å². The van der Waals surface area contributed by atoms with Crippen molar-refractivity contribution in [3.8, 4) is 0 Å². The van der Waals surface area contributed by atoms with Crippen molar-refractivity contribution in [2.24, 2.45) is 5.92 Å². The molecule has 4 heteroatoms. The van der Waals surface area contributed by atoms with Crippen LogP contribution in [0.25, 0.3) is 0 Å². The second-order valence-corrected chi connectivity index (χ2v) is 5.43. The molecule has 1 N–H and O–H groups in total. The van der Waals surface area contributed by atoms with Gasteiger partial charge in [0.25, 0.3) is 0 Å². The first kappa shape index (κ1) is 12.2. The Kier molecular flexibility index (Phi) is 3.01. The van der Waals surface area contributed by atoms with E-state index in [0.717, 1.165) is 37.8 Å². The van der Waals surface area contributed by atoms with Crippen LogP contribution in [-0.4, -0.2) is 28.4 Å². The van der Waals surface area contributed by atoms with E-state index in [0.29, 0.717) is 12.1 Å². The van der Waals surface area contributed by atoms with E-state index >= 15 is 0 Å². The van der Waals surface area contributed by atoms with Crippen LogP contribution < -0.4 is 0 Å². The zero-order valence-corrected chi connectivity index (χ0v) is 10.8. The van der Waals surface area contributed by atoms with Gasteiger partial charge in [0.2, 0.25) is 5.91 Å².